The molecule has 0 radical (unpaired) electrons. The molecule has 0 heterocycles. The zero-order chi connectivity index (χ0) is 16.8. The van der Waals surface area contributed by atoms with Crippen molar-refractivity contribution >= 4 is 17.7 Å². The van der Waals surface area contributed by atoms with Crippen LogP contribution < -0.4 is 4.74 Å². The molecule has 0 saturated heterocycles. The zero-order valence-electron chi connectivity index (χ0n) is 12.4. The van der Waals surface area contributed by atoms with E-state index in [0.29, 0.717) is 5.56 Å². The second-order valence-corrected chi connectivity index (χ2v) is 4.87. The fourth-order valence-electron chi connectivity index (χ4n) is 1.43. The molecule has 0 fully saturated rings. The Bertz CT molecular complexity index is 602. The van der Waals surface area contributed by atoms with Gasteiger partial charge in [-0.25, -0.2) is 0 Å². The molecule has 0 N–H and O–H groups in total. The molecule has 0 bridgehead atoms. The summed E-state index contributed by atoms with van der Waals surface area (Å²) in [7, 11) is 1.58. The highest BCUT2D eigenvalue weighted by Crippen LogP contribution is 2.31. The van der Waals surface area contributed by atoms with Crippen molar-refractivity contribution in [1.82, 2.24) is 0 Å². The largest absolute Gasteiger partial charge is 0.573 e. The first kappa shape index (κ1) is 18.2. The predicted octanol–water partition coefficient (Wildman–Crippen LogP) is 5.75. The Balaban J connectivity index is 2.83. The van der Waals surface area contributed by atoms with Crippen molar-refractivity contribution < 1.29 is 22.6 Å². The highest BCUT2D eigenvalue weighted by atomic mass is 35.5. The molecule has 22 heavy (non-hydrogen) atoms. The lowest BCUT2D eigenvalue weighted by atomic mass is 10.1. The van der Waals surface area contributed by atoms with Gasteiger partial charge in [0.25, 0.3) is 0 Å². The van der Waals surface area contributed by atoms with Gasteiger partial charge < -0.3 is 9.47 Å². The lowest BCUT2D eigenvalue weighted by Crippen LogP contribution is -2.17. The van der Waals surface area contributed by atoms with Gasteiger partial charge in [-0.05, 0) is 37.6 Å². The molecule has 0 aliphatic carbocycles. The Kier molecular flexibility index (Phi) is 6.56. The Hall–Kier alpha value is -1.88. The summed E-state index contributed by atoms with van der Waals surface area (Å²) >= 11 is 5.77. The maximum absolute atomic E-state index is 12.1. The number of rotatable bonds is 5. The molecule has 0 aliphatic heterocycles. The van der Waals surface area contributed by atoms with Gasteiger partial charge in [0.15, 0.2) is 0 Å². The van der Waals surface area contributed by atoms with Crippen LogP contribution in [0.3, 0.4) is 0 Å². The fourth-order valence-corrected chi connectivity index (χ4v) is 1.66. The molecule has 1 aromatic carbocycles. The van der Waals surface area contributed by atoms with Crippen LogP contribution in [0.15, 0.2) is 47.8 Å². The molecular weight excluding hydrogens is 317 g/mol. The summed E-state index contributed by atoms with van der Waals surface area (Å²) in [5, 5.41) is -0.101. The van der Waals surface area contributed by atoms with Crippen LogP contribution in [-0.2, 0) is 4.74 Å². The second kappa shape index (κ2) is 7.94. The van der Waals surface area contributed by atoms with Crippen molar-refractivity contribution in [1.29, 1.82) is 0 Å². The highest BCUT2D eigenvalue weighted by molar-refractivity contribution is 6.32. The van der Waals surface area contributed by atoms with E-state index in [1.54, 1.807) is 13.2 Å². The first-order valence-corrected chi connectivity index (χ1v) is 6.71. The lowest BCUT2D eigenvalue weighted by Gasteiger charge is -2.10. The molecule has 120 valence electrons. The Morgan fingerprint density at radius 2 is 1.86 bits per heavy atom. The van der Waals surface area contributed by atoms with Crippen LogP contribution in [0.4, 0.5) is 13.2 Å². The minimum absolute atomic E-state index is 0.101. The van der Waals surface area contributed by atoms with Crippen molar-refractivity contribution in [2.75, 3.05) is 7.11 Å². The summed E-state index contributed by atoms with van der Waals surface area (Å²) in [6, 6.07) is 4.08. The van der Waals surface area contributed by atoms with Gasteiger partial charge in [-0.3, -0.25) is 0 Å². The standard InChI is InChI=1S/C16H16ClF3O2/c1-11(4-6-12(2)21-3)5-7-13-8-9-15(14(17)10-13)22-16(18,19)20/h4-10H,1-3H3/b7-5+,11-4+,12-6+. The van der Waals surface area contributed by atoms with Crippen LogP contribution in [0.5, 0.6) is 5.75 Å². The summed E-state index contributed by atoms with van der Waals surface area (Å²) < 4.78 is 45.2. The van der Waals surface area contributed by atoms with E-state index in [-0.39, 0.29) is 5.02 Å². The Morgan fingerprint density at radius 1 is 1.18 bits per heavy atom. The molecule has 0 atom stereocenters. The molecule has 1 rings (SSSR count). The van der Waals surface area contributed by atoms with Crippen LogP contribution in [0.1, 0.15) is 19.4 Å². The summed E-state index contributed by atoms with van der Waals surface area (Å²) in [5.41, 5.74) is 1.61. The summed E-state index contributed by atoms with van der Waals surface area (Å²) in [5.74, 6) is 0.349. The normalized spacial score (nSPS) is 13.6. The van der Waals surface area contributed by atoms with E-state index in [2.05, 4.69) is 4.74 Å². The third-order valence-electron chi connectivity index (χ3n) is 2.62. The van der Waals surface area contributed by atoms with Gasteiger partial charge in [-0.2, -0.15) is 0 Å². The van der Waals surface area contributed by atoms with Gasteiger partial charge in [0, 0.05) is 0 Å². The summed E-state index contributed by atoms with van der Waals surface area (Å²) in [6.45, 7) is 3.71. The van der Waals surface area contributed by atoms with Crippen LogP contribution >= 0.6 is 11.6 Å². The van der Waals surface area contributed by atoms with E-state index in [1.807, 2.05) is 32.1 Å². The Morgan fingerprint density at radius 3 is 2.41 bits per heavy atom. The van der Waals surface area contributed by atoms with Gasteiger partial charge in [0.2, 0.25) is 0 Å². The number of ether oxygens (including phenoxy) is 2. The minimum atomic E-state index is -4.76. The van der Waals surface area contributed by atoms with E-state index in [0.717, 1.165) is 11.3 Å². The maximum atomic E-state index is 12.1. The highest BCUT2D eigenvalue weighted by Gasteiger charge is 2.31. The van der Waals surface area contributed by atoms with Crippen molar-refractivity contribution in [3.63, 3.8) is 0 Å². The second-order valence-electron chi connectivity index (χ2n) is 4.46. The molecule has 0 aliphatic rings. The van der Waals surface area contributed by atoms with Crippen LogP contribution in [-0.4, -0.2) is 13.5 Å². The Labute approximate surface area is 132 Å². The molecule has 0 amide bonds. The van der Waals surface area contributed by atoms with Gasteiger partial charge in [-0.1, -0.05) is 41.5 Å². The summed E-state index contributed by atoms with van der Waals surface area (Å²) in [6.07, 6.45) is 2.47. The third kappa shape index (κ3) is 6.72. The quantitative estimate of drug-likeness (QED) is 0.505. The first-order chi connectivity index (χ1) is 10.2. The van der Waals surface area contributed by atoms with Gasteiger partial charge in [0.1, 0.15) is 5.75 Å². The van der Waals surface area contributed by atoms with Crippen molar-refractivity contribution in [3.8, 4) is 5.75 Å². The van der Waals surface area contributed by atoms with Gasteiger partial charge in [-0.15, -0.1) is 13.2 Å². The molecule has 1 aromatic rings. The number of allylic oxidation sites excluding steroid dienone is 5. The van der Waals surface area contributed by atoms with Crippen LogP contribution in [0, 0.1) is 0 Å². The fraction of sp³-hybridized carbons (Fsp3) is 0.250. The van der Waals surface area contributed by atoms with Crippen LogP contribution in [0.25, 0.3) is 6.08 Å². The van der Waals surface area contributed by atoms with Crippen molar-refractivity contribution in [2.24, 2.45) is 0 Å². The molecule has 0 spiro atoms. The van der Waals surface area contributed by atoms with E-state index in [4.69, 9.17) is 16.3 Å². The van der Waals surface area contributed by atoms with E-state index in [1.165, 1.54) is 18.2 Å². The molecule has 6 heteroatoms. The zero-order valence-corrected chi connectivity index (χ0v) is 13.1. The van der Waals surface area contributed by atoms with Crippen LogP contribution in [0.2, 0.25) is 5.02 Å². The van der Waals surface area contributed by atoms with Crippen molar-refractivity contribution in [2.45, 2.75) is 20.2 Å². The average Bonchev–Trinajstić information content (AvgIpc) is 2.43. The van der Waals surface area contributed by atoms with E-state index in [9.17, 15) is 13.2 Å². The molecule has 0 aromatic heterocycles. The topological polar surface area (TPSA) is 18.5 Å². The number of benzene rings is 1. The number of hydrogen-bond acceptors (Lipinski definition) is 2. The predicted molar refractivity (Wildman–Crippen MR) is 81.7 cm³/mol. The number of alkyl halides is 3. The molecular formula is C16H16ClF3O2. The first-order valence-electron chi connectivity index (χ1n) is 6.34. The molecule has 0 saturated carbocycles. The maximum Gasteiger partial charge on any atom is 0.573 e. The number of methoxy groups -OCH3 is 1. The average molecular weight is 333 g/mol. The lowest BCUT2D eigenvalue weighted by molar-refractivity contribution is -0.274. The van der Waals surface area contributed by atoms with Crippen molar-refractivity contribution in [3.05, 3.63) is 58.3 Å². The number of halogens is 4. The minimum Gasteiger partial charge on any atom is -0.501 e. The van der Waals surface area contributed by atoms with Gasteiger partial charge >= 0.3 is 6.36 Å². The third-order valence-corrected chi connectivity index (χ3v) is 2.92. The van der Waals surface area contributed by atoms with Gasteiger partial charge in [0.05, 0.1) is 17.9 Å². The smallest absolute Gasteiger partial charge is 0.501 e. The van der Waals surface area contributed by atoms with E-state index < -0.39 is 12.1 Å². The SMILES string of the molecule is CO/C(C)=C/C=C(C)/C=C/c1ccc(OC(F)(F)F)c(Cl)c1. The molecule has 0 unspecified atom stereocenters. The molecule has 2 nitrogen and oxygen atoms in total. The van der Waals surface area contributed by atoms with E-state index >= 15 is 0 Å². The number of hydrogen-bond donors (Lipinski definition) is 0. The monoisotopic (exact) mass is 332 g/mol. The summed E-state index contributed by atoms with van der Waals surface area (Å²) in [4.78, 5) is 0.